The van der Waals surface area contributed by atoms with Gasteiger partial charge in [-0.15, -0.1) is 5.10 Å². The maximum Gasteiger partial charge on any atom is 0.248 e. The minimum absolute atomic E-state index is 0.0589. The molecule has 0 atom stereocenters. The van der Waals surface area contributed by atoms with Crippen molar-refractivity contribution >= 4 is 16.9 Å². The normalized spacial score (nSPS) is 11.7. The average molecular weight is 468 g/mol. The smallest absolute Gasteiger partial charge is 0.248 e. The molecule has 0 N–H and O–H groups in total. The topological polar surface area (TPSA) is 47.8 Å². The van der Waals surface area contributed by atoms with Crippen molar-refractivity contribution in [1.29, 1.82) is 0 Å². The Morgan fingerprint density at radius 3 is 1.79 bits per heavy atom. The number of hydrogen-bond acceptors (Lipinski definition) is 3. The van der Waals surface area contributed by atoms with Gasteiger partial charge in [-0.05, 0) is 37.8 Å². The molecule has 0 fully saturated rings. The van der Waals surface area contributed by atoms with E-state index in [0.717, 1.165) is 23.9 Å². The molecule has 1 heterocycles. The van der Waals surface area contributed by atoms with Gasteiger partial charge in [0.25, 0.3) is 0 Å². The van der Waals surface area contributed by atoms with Crippen LogP contribution < -0.4 is 0 Å². The van der Waals surface area contributed by atoms with Crippen molar-refractivity contribution < 1.29 is 4.79 Å². The predicted octanol–water partition coefficient (Wildman–Crippen LogP) is 9.45. The van der Waals surface area contributed by atoms with Gasteiger partial charge in [-0.3, -0.25) is 4.79 Å². The average Bonchev–Trinajstić information content (AvgIpc) is 3.29. The van der Waals surface area contributed by atoms with Gasteiger partial charge >= 0.3 is 0 Å². The number of rotatable bonds is 21. The van der Waals surface area contributed by atoms with Crippen molar-refractivity contribution in [2.24, 2.45) is 0 Å². The lowest BCUT2D eigenvalue weighted by Crippen LogP contribution is -2.12. The fraction of sp³-hybridized carbons (Fsp3) is 0.700. The Morgan fingerprint density at radius 1 is 0.706 bits per heavy atom. The van der Waals surface area contributed by atoms with Crippen molar-refractivity contribution in [2.75, 3.05) is 0 Å². The Kier molecular flexibility index (Phi) is 16.1. The van der Waals surface area contributed by atoms with Crippen LogP contribution >= 0.6 is 0 Å². The van der Waals surface area contributed by atoms with E-state index in [1.807, 2.05) is 24.3 Å². The molecule has 0 amide bonds. The first-order valence-electron chi connectivity index (χ1n) is 14.3. The molecule has 1 aromatic heterocycles. The number of fused-ring (bicyclic) bond motifs is 1. The Hall–Kier alpha value is -1.97. The number of carbonyl (C=O) groups is 1. The number of aromatic nitrogens is 3. The van der Waals surface area contributed by atoms with Gasteiger partial charge < -0.3 is 0 Å². The van der Waals surface area contributed by atoms with Gasteiger partial charge in [-0.2, -0.15) is 4.68 Å². The van der Waals surface area contributed by atoms with Gasteiger partial charge in [0.05, 0.1) is 5.52 Å². The van der Waals surface area contributed by atoms with Gasteiger partial charge in [-0.1, -0.05) is 133 Å². The zero-order valence-corrected chi connectivity index (χ0v) is 21.9. The van der Waals surface area contributed by atoms with E-state index in [4.69, 9.17) is 0 Å². The number of benzene rings is 1. The SMILES string of the molecule is CCCC/C=C/CCCCCCCCCCCCCCCCCC(=O)n1nnc2ccccc21. The van der Waals surface area contributed by atoms with Crippen molar-refractivity contribution in [2.45, 2.75) is 135 Å². The second kappa shape index (κ2) is 19.3. The highest BCUT2D eigenvalue weighted by Crippen LogP contribution is 2.15. The van der Waals surface area contributed by atoms with Gasteiger partial charge in [0.15, 0.2) is 0 Å². The van der Waals surface area contributed by atoms with Crippen LogP contribution in [0.15, 0.2) is 36.4 Å². The zero-order chi connectivity index (χ0) is 24.1. The molecule has 0 aliphatic rings. The van der Waals surface area contributed by atoms with Gasteiger partial charge in [0.2, 0.25) is 5.91 Å². The highest BCUT2D eigenvalue weighted by Gasteiger charge is 2.10. The molecule has 4 nitrogen and oxygen atoms in total. The molecule has 34 heavy (non-hydrogen) atoms. The molecule has 2 rings (SSSR count). The highest BCUT2D eigenvalue weighted by molar-refractivity contribution is 5.88. The minimum atomic E-state index is 0.0589. The third kappa shape index (κ3) is 12.5. The van der Waals surface area contributed by atoms with E-state index < -0.39 is 0 Å². The molecule has 0 bridgehead atoms. The molecule has 0 unspecified atom stereocenters. The van der Waals surface area contributed by atoms with Gasteiger partial charge in [0, 0.05) is 6.42 Å². The fourth-order valence-corrected chi connectivity index (χ4v) is 4.55. The molecular formula is C30H49N3O. The quantitative estimate of drug-likeness (QED) is 0.136. The zero-order valence-electron chi connectivity index (χ0n) is 21.9. The predicted molar refractivity (Wildman–Crippen MR) is 145 cm³/mol. The molecule has 2 aromatic rings. The van der Waals surface area contributed by atoms with E-state index in [0.29, 0.717) is 6.42 Å². The molecule has 0 spiro atoms. The van der Waals surface area contributed by atoms with E-state index in [2.05, 4.69) is 29.4 Å². The minimum Gasteiger partial charge on any atom is -0.273 e. The van der Waals surface area contributed by atoms with Crippen LogP contribution in [0.1, 0.15) is 140 Å². The Labute approximate surface area is 208 Å². The van der Waals surface area contributed by atoms with Crippen LogP contribution in [0, 0.1) is 0 Å². The van der Waals surface area contributed by atoms with Crippen molar-refractivity contribution in [1.82, 2.24) is 15.0 Å². The lowest BCUT2D eigenvalue weighted by atomic mass is 10.0. The number of para-hydroxylation sites is 1. The molecule has 1 aromatic carbocycles. The molecule has 0 aliphatic heterocycles. The van der Waals surface area contributed by atoms with Crippen molar-refractivity contribution in [3.05, 3.63) is 36.4 Å². The summed E-state index contributed by atoms with van der Waals surface area (Å²) in [6, 6.07) is 7.64. The second-order valence-electron chi connectivity index (χ2n) is 9.84. The molecule has 190 valence electrons. The van der Waals surface area contributed by atoms with E-state index in [1.54, 1.807) is 0 Å². The Morgan fingerprint density at radius 2 is 1.21 bits per heavy atom. The molecule has 0 radical (unpaired) electrons. The maximum atomic E-state index is 12.4. The van der Waals surface area contributed by atoms with Crippen LogP contribution in [-0.4, -0.2) is 20.9 Å². The van der Waals surface area contributed by atoms with E-state index in [9.17, 15) is 4.79 Å². The first kappa shape index (κ1) is 28.3. The van der Waals surface area contributed by atoms with E-state index in [1.165, 1.54) is 114 Å². The lowest BCUT2D eigenvalue weighted by molar-refractivity contribution is 0.0886. The van der Waals surface area contributed by atoms with E-state index in [-0.39, 0.29) is 5.91 Å². The van der Waals surface area contributed by atoms with Crippen LogP contribution in [0.25, 0.3) is 11.0 Å². The summed E-state index contributed by atoms with van der Waals surface area (Å²) in [5.41, 5.74) is 1.60. The van der Waals surface area contributed by atoms with Crippen LogP contribution in [0.2, 0.25) is 0 Å². The fourth-order valence-electron chi connectivity index (χ4n) is 4.55. The summed E-state index contributed by atoms with van der Waals surface area (Å²) >= 11 is 0. The number of allylic oxidation sites excluding steroid dienone is 2. The van der Waals surface area contributed by atoms with Crippen LogP contribution in [-0.2, 0) is 0 Å². The highest BCUT2D eigenvalue weighted by atomic mass is 16.2. The first-order chi connectivity index (χ1) is 16.8. The molecule has 0 saturated heterocycles. The van der Waals surface area contributed by atoms with Crippen LogP contribution in [0.3, 0.4) is 0 Å². The molecular weight excluding hydrogens is 418 g/mol. The standard InChI is InChI=1S/C30H49N3O/c1-2-3-4-5-6-7-8-9-10-11-12-13-14-15-16-17-18-19-20-21-22-27-30(34)33-29-26-24-23-25-28(29)31-32-33/h5-6,23-26H,2-4,7-22,27H2,1H3/b6-5+. The molecule has 4 heteroatoms. The summed E-state index contributed by atoms with van der Waals surface area (Å²) in [5.74, 6) is 0.0589. The van der Waals surface area contributed by atoms with E-state index >= 15 is 0 Å². The van der Waals surface area contributed by atoms with Crippen LogP contribution in [0.4, 0.5) is 0 Å². The third-order valence-corrected chi connectivity index (χ3v) is 6.74. The number of unbranched alkanes of at least 4 members (excludes halogenated alkanes) is 17. The summed E-state index contributed by atoms with van der Waals surface area (Å²) in [7, 11) is 0. The Bertz CT molecular complexity index is 795. The summed E-state index contributed by atoms with van der Waals surface area (Å²) in [6.07, 6.45) is 30.5. The van der Waals surface area contributed by atoms with Crippen LogP contribution in [0.5, 0.6) is 0 Å². The maximum absolute atomic E-state index is 12.4. The summed E-state index contributed by atoms with van der Waals surface area (Å²) in [6.45, 7) is 2.26. The van der Waals surface area contributed by atoms with Gasteiger partial charge in [-0.25, -0.2) is 0 Å². The lowest BCUT2D eigenvalue weighted by Gasteiger charge is -2.04. The number of hydrogen-bond donors (Lipinski definition) is 0. The third-order valence-electron chi connectivity index (χ3n) is 6.74. The Balaban J connectivity index is 1.30. The second-order valence-corrected chi connectivity index (χ2v) is 9.84. The molecule has 0 aliphatic carbocycles. The molecule has 0 saturated carbocycles. The van der Waals surface area contributed by atoms with Gasteiger partial charge in [0.1, 0.15) is 5.52 Å². The summed E-state index contributed by atoms with van der Waals surface area (Å²) < 4.78 is 1.46. The summed E-state index contributed by atoms with van der Waals surface area (Å²) in [5, 5.41) is 8.08. The van der Waals surface area contributed by atoms with Crippen molar-refractivity contribution in [3.63, 3.8) is 0 Å². The number of nitrogens with zero attached hydrogens (tertiary/aromatic N) is 3. The largest absolute Gasteiger partial charge is 0.273 e. The monoisotopic (exact) mass is 467 g/mol. The first-order valence-corrected chi connectivity index (χ1v) is 14.3. The number of carbonyl (C=O) groups excluding carboxylic acids is 1. The summed E-state index contributed by atoms with van der Waals surface area (Å²) in [4.78, 5) is 12.4. The van der Waals surface area contributed by atoms with Crippen molar-refractivity contribution in [3.8, 4) is 0 Å².